The Morgan fingerprint density at radius 1 is 0.800 bits per heavy atom. The summed E-state index contributed by atoms with van der Waals surface area (Å²) in [7, 11) is 0. The smallest absolute Gasteiger partial charge is 0.0351 e. The Bertz CT molecular complexity index is 530. The molecular formula is C19H25N. The Morgan fingerprint density at radius 3 is 2.00 bits per heavy atom. The lowest BCUT2D eigenvalue weighted by atomic mass is 9.91. The predicted molar refractivity (Wildman–Crippen MR) is 86.8 cm³/mol. The second kappa shape index (κ2) is 6.71. The van der Waals surface area contributed by atoms with Gasteiger partial charge in [-0.25, -0.2) is 0 Å². The first kappa shape index (κ1) is 14.8. The number of hydrogen-bond donors (Lipinski definition) is 1. The quantitative estimate of drug-likeness (QED) is 0.800. The van der Waals surface area contributed by atoms with Crippen LogP contribution in [0.3, 0.4) is 0 Å². The molecule has 2 aromatic rings. The second-order valence-corrected chi connectivity index (χ2v) is 5.88. The van der Waals surface area contributed by atoms with Crippen LogP contribution >= 0.6 is 0 Å². The molecule has 0 heterocycles. The maximum Gasteiger partial charge on any atom is 0.0351 e. The van der Waals surface area contributed by atoms with Gasteiger partial charge in [0.25, 0.3) is 0 Å². The number of hydrogen-bond acceptors (Lipinski definition) is 1. The Balaban J connectivity index is 2.21. The summed E-state index contributed by atoms with van der Waals surface area (Å²) in [6, 6.07) is 20.1. The van der Waals surface area contributed by atoms with E-state index in [0.717, 1.165) is 0 Å². The third kappa shape index (κ3) is 3.49. The van der Waals surface area contributed by atoms with Gasteiger partial charge in [0.15, 0.2) is 0 Å². The molecule has 2 atom stereocenters. The summed E-state index contributed by atoms with van der Waals surface area (Å²) >= 11 is 0. The summed E-state index contributed by atoms with van der Waals surface area (Å²) in [6.45, 7) is 8.99. The van der Waals surface area contributed by atoms with Crippen LogP contribution in [0.1, 0.15) is 49.5 Å². The van der Waals surface area contributed by atoms with Gasteiger partial charge in [0.1, 0.15) is 0 Å². The lowest BCUT2D eigenvalue weighted by molar-refractivity contribution is 0.373. The molecule has 0 fully saturated rings. The van der Waals surface area contributed by atoms with Crippen molar-refractivity contribution < 1.29 is 0 Å². The summed E-state index contributed by atoms with van der Waals surface area (Å²) in [5.41, 5.74) is 4.11. The molecule has 20 heavy (non-hydrogen) atoms. The van der Waals surface area contributed by atoms with Crippen LogP contribution in [-0.4, -0.2) is 0 Å². The Kier molecular flexibility index (Phi) is 4.97. The number of benzene rings is 2. The van der Waals surface area contributed by atoms with Gasteiger partial charge in [-0.1, -0.05) is 68.4 Å². The lowest BCUT2D eigenvalue weighted by Crippen LogP contribution is -2.29. The summed E-state index contributed by atoms with van der Waals surface area (Å²) in [5.74, 6) is 0.558. The Hall–Kier alpha value is -1.60. The van der Waals surface area contributed by atoms with E-state index in [9.17, 15) is 0 Å². The van der Waals surface area contributed by atoms with Crippen molar-refractivity contribution in [1.82, 2.24) is 5.32 Å². The lowest BCUT2D eigenvalue weighted by Gasteiger charge is -2.28. The van der Waals surface area contributed by atoms with E-state index in [1.54, 1.807) is 0 Å². The zero-order chi connectivity index (χ0) is 14.5. The van der Waals surface area contributed by atoms with Crippen LogP contribution in [0, 0.1) is 12.8 Å². The zero-order valence-electron chi connectivity index (χ0n) is 12.9. The molecule has 0 aliphatic carbocycles. The molecule has 0 saturated heterocycles. The average molecular weight is 267 g/mol. The fourth-order valence-electron chi connectivity index (χ4n) is 2.68. The highest BCUT2D eigenvalue weighted by Crippen LogP contribution is 2.27. The van der Waals surface area contributed by atoms with E-state index < -0.39 is 0 Å². The van der Waals surface area contributed by atoms with E-state index in [2.05, 4.69) is 87.6 Å². The van der Waals surface area contributed by atoms with Gasteiger partial charge in [0, 0.05) is 12.1 Å². The molecule has 1 nitrogen and oxygen atoms in total. The highest BCUT2D eigenvalue weighted by molar-refractivity contribution is 5.30. The molecule has 0 bridgehead atoms. The Labute approximate surface area is 123 Å². The van der Waals surface area contributed by atoms with Gasteiger partial charge >= 0.3 is 0 Å². The molecule has 1 N–H and O–H groups in total. The normalized spacial score (nSPS) is 14.2. The highest BCUT2D eigenvalue weighted by Gasteiger charge is 2.19. The standard InChI is InChI=1S/C19H25N/c1-14(2)19(18-13-9-8-10-15(18)3)20-16(4)17-11-6-5-7-12-17/h5-14,16,19-20H,1-4H3/t16-,19-/m1/s1. The van der Waals surface area contributed by atoms with Crippen molar-refractivity contribution in [2.24, 2.45) is 5.92 Å². The van der Waals surface area contributed by atoms with Gasteiger partial charge in [-0.2, -0.15) is 0 Å². The molecular weight excluding hydrogens is 242 g/mol. The van der Waals surface area contributed by atoms with Gasteiger partial charge in [-0.15, -0.1) is 0 Å². The van der Waals surface area contributed by atoms with Crippen molar-refractivity contribution in [3.8, 4) is 0 Å². The first-order chi connectivity index (χ1) is 9.59. The zero-order valence-corrected chi connectivity index (χ0v) is 12.9. The minimum Gasteiger partial charge on any atom is -0.303 e. The predicted octanol–water partition coefficient (Wildman–Crippen LogP) is 5.04. The van der Waals surface area contributed by atoms with Crippen molar-refractivity contribution >= 4 is 0 Å². The number of aryl methyl sites for hydroxylation is 1. The summed E-state index contributed by atoms with van der Waals surface area (Å²) < 4.78 is 0. The highest BCUT2D eigenvalue weighted by atomic mass is 15.0. The SMILES string of the molecule is Cc1ccccc1[C@H](N[C@H](C)c1ccccc1)C(C)C. The van der Waals surface area contributed by atoms with Crippen LogP contribution in [0.2, 0.25) is 0 Å². The Morgan fingerprint density at radius 2 is 1.40 bits per heavy atom. The van der Waals surface area contributed by atoms with E-state index in [1.807, 2.05) is 0 Å². The molecule has 2 aromatic carbocycles. The van der Waals surface area contributed by atoms with E-state index in [1.165, 1.54) is 16.7 Å². The van der Waals surface area contributed by atoms with Crippen molar-refractivity contribution in [2.75, 3.05) is 0 Å². The minimum absolute atomic E-state index is 0.350. The molecule has 0 unspecified atom stereocenters. The molecule has 0 saturated carbocycles. The first-order valence-corrected chi connectivity index (χ1v) is 7.46. The van der Waals surface area contributed by atoms with Crippen molar-refractivity contribution in [2.45, 2.75) is 39.8 Å². The van der Waals surface area contributed by atoms with Gasteiger partial charge in [-0.05, 0) is 36.5 Å². The second-order valence-electron chi connectivity index (χ2n) is 5.88. The number of nitrogens with one attached hydrogen (secondary N) is 1. The maximum absolute atomic E-state index is 3.79. The van der Waals surface area contributed by atoms with Crippen LogP contribution in [-0.2, 0) is 0 Å². The van der Waals surface area contributed by atoms with Crippen LogP contribution < -0.4 is 5.32 Å². The van der Waals surface area contributed by atoms with Crippen LogP contribution in [0.25, 0.3) is 0 Å². The average Bonchev–Trinajstić information content (AvgIpc) is 2.46. The molecule has 0 aliphatic rings. The first-order valence-electron chi connectivity index (χ1n) is 7.46. The molecule has 0 aliphatic heterocycles. The van der Waals surface area contributed by atoms with Gasteiger partial charge in [0.05, 0.1) is 0 Å². The topological polar surface area (TPSA) is 12.0 Å². The van der Waals surface area contributed by atoms with E-state index >= 15 is 0 Å². The number of rotatable bonds is 5. The molecule has 0 radical (unpaired) electrons. The van der Waals surface area contributed by atoms with Gasteiger partial charge in [-0.3, -0.25) is 0 Å². The molecule has 0 aromatic heterocycles. The van der Waals surface area contributed by atoms with Crippen molar-refractivity contribution in [3.05, 3.63) is 71.3 Å². The molecule has 106 valence electrons. The van der Waals surface area contributed by atoms with Gasteiger partial charge in [0.2, 0.25) is 0 Å². The van der Waals surface area contributed by atoms with Crippen molar-refractivity contribution in [1.29, 1.82) is 0 Å². The van der Waals surface area contributed by atoms with E-state index in [-0.39, 0.29) is 0 Å². The van der Waals surface area contributed by atoms with Crippen LogP contribution in [0.15, 0.2) is 54.6 Å². The summed E-state index contributed by atoms with van der Waals surface area (Å²) in [5, 5.41) is 3.79. The fraction of sp³-hybridized carbons (Fsp3) is 0.368. The third-order valence-electron chi connectivity index (χ3n) is 3.92. The van der Waals surface area contributed by atoms with E-state index in [0.29, 0.717) is 18.0 Å². The van der Waals surface area contributed by atoms with Crippen molar-refractivity contribution in [3.63, 3.8) is 0 Å². The molecule has 0 spiro atoms. The van der Waals surface area contributed by atoms with Gasteiger partial charge < -0.3 is 5.32 Å². The van der Waals surface area contributed by atoms with Crippen LogP contribution in [0.4, 0.5) is 0 Å². The van der Waals surface area contributed by atoms with Crippen LogP contribution in [0.5, 0.6) is 0 Å². The molecule has 1 heteroatoms. The largest absolute Gasteiger partial charge is 0.303 e. The maximum atomic E-state index is 3.79. The summed E-state index contributed by atoms with van der Waals surface area (Å²) in [6.07, 6.45) is 0. The monoisotopic (exact) mass is 267 g/mol. The summed E-state index contributed by atoms with van der Waals surface area (Å²) in [4.78, 5) is 0. The fourth-order valence-corrected chi connectivity index (χ4v) is 2.68. The minimum atomic E-state index is 0.350. The molecule has 0 amide bonds. The van der Waals surface area contributed by atoms with E-state index in [4.69, 9.17) is 0 Å². The third-order valence-corrected chi connectivity index (χ3v) is 3.92. The molecule has 2 rings (SSSR count).